The molecule has 6 heteroatoms. The summed E-state index contributed by atoms with van der Waals surface area (Å²) >= 11 is 5.20. The van der Waals surface area contributed by atoms with Crippen molar-refractivity contribution in [1.82, 2.24) is 10.6 Å². The third-order valence-corrected chi connectivity index (χ3v) is 3.64. The predicted molar refractivity (Wildman–Crippen MR) is 88.3 cm³/mol. The Hall–Kier alpha value is -1.92. The summed E-state index contributed by atoms with van der Waals surface area (Å²) in [6.07, 6.45) is 0. The van der Waals surface area contributed by atoms with Crippen molar-refractivity contribution >= 4 is 23.3 Å². The highest BCUT2D eigenvalue weighted by molar-refractivity contribution is 7.80. The fraction of sp³-hybridized carbons (Fsp3) is 0.375. The second-order valence-corrected chi connectivity index (χ2v) is 5.52. The number of carbonyl (C=O) groups is 1. The van der Waals surface area contributed by atoms with E-state index in [-0.39, 0.29) is 18.6 Å². The van der Waals surface area contributed by atoms with Crippen LogP contribution < -0.4 is 10.6 Å². The van der Waals surface area contributed by atoms with Crippen LogP contribution in [0.4, 0.5) is 0 Å². The monoisotopic (exact) mass is 320 g/mol. The SMILES string of the molecule is COCCOC(=O)C1=C(C)NC(=S)N[C@@H]1c1ccc(C)cc1. The summed E-state index contributed by atoms with van der Waals surface area (Å²) in [5, 5.41) is 6.61. The van der Waals surface area contributed by atoms with Crippen molar-refractivity contribution in [2.75, 3.05) is 20.3 Å². The average Bonchev–Trinajstić information content (AvgIpc) is 2.47. The molecule has 0 radical (unpaired) electrons. The van der Waals surface area contributed by atoms with Gasteiger partial charge in [0.15, 0.2) is 5.11 Å². The van der Waals surface area contributed by atoms with Gasteiger partial charge in [-0.1, -0.05) is 29.8 Å². The minimum atomic E-state index is -0.373. The number of thiocarbonyl (C=S) groups is 1. The highest BCUT2D eigenvalue weighted by Gasteiger charge is 2.30. The third kappa shape index (κ3) is 3.84. The Morgan fingerprint density at radius 1 is 1.23 bits per heavy atom. The van der Waals surface area contributed by atoms with E-state index in [0.717, 1.165) is 11.1 Å². The van der Waals surface area contributed by atoms with E-state index in [9.17, 15) is 4.79 Å². The summed E-state index contributed by atoms with van der Waals surface area (Å²) in [7, 11) is 1.57. The maximum atomic E-state index is 12.4. The maximum Gasteiger partial charge on any atom is 0.338 e. The number of methoxy groups -OCH3 is 1. The molecular formula is C16H20N2O3S. The zero-order chi connectivity index (χ0) is 16.1. The van der Waals surface area contributed by atoms with Gasteiger partial charge in [0.05, 0.1) is 18.2 Å². The standard InChI is InChI=1S/C16H20N2O3S/c1-10-4-6-12(7-5-10)14-13(11(2)17-16(22)18-14)15(19)21-9-8-20-3/h4-7,14H,8-9H2,1-3H3,(H2,17,18,22)/t14-/m1/s1. The molecule has 0 spiro atoms. The molecule has 1 aliphatic rings. The number of aryl methyl sites for hydroxylation is 1. The Bertz CT molecular complexity index is 596. The molecule has 118 valence electrons. The van der Waals surface area contributed by atoms with Crippen molar-refractivity contribution in [3.05, 3.63) is 46.7 Å². The van der Waals surface area contributed by atoms with Gasteiger partial charge in [0.25, 0.3) is 0 Å². The molecule has 22 heavy (non-hydrogen) atoms. The number of hydrogen-bond acceptors (Lipinski definition) is 4. The minimum absolute atomic E-state index is 0.219. The summed E-state index contributed by atoms with van der Waals surface area (Å²) in [4.78, 5) is 12.4. The van der Waals surface area contributed by atoms with Gasteiger partial charge in [-0.25, -0.2) is 4.79 Å². The number of nitrogens with one attached hydrogen (secondary N) is 2. The molecule has 0 saturated carbocycles. The van der Waals surface area contributed by atoms with Crippen LogP contribution in [0.5, 0.6) is 0 Å². The first-order valence-electron chi connectivity index (χ1n) is 7.04. The first kappa shape index (κ1) is 16.5. The van der Waals surface area contributed by atoms with Crippen molar-refractivity contribution in [2.45, 2.75) is 19.9 Å². The largest absolute Gasteiger partial charge is 0.460 e. The molecule has 0 aliphatic carbocycles. The van der Waals surface area contributed by atoms with Gasteiger partial charge in [0, 0.05) is 12.8 Å². The number of rotatable bonds is 5. The van der Waals surface area contributed by atoms with Gasteiger partial charge in [-0.05, 0) is 31.6 Å². The van der Waals surface area contributed by atoms with Crippen LogP contribution in [0.2, 0.25) is 0 Å². The van der Waals surface area contributed by atoms with Crippen LogP contribution in [0.3, 0.4) is 0 Å². The van der Waals surface area contributed by atoms with Crippen molar-refractivity contribution in [3.63, 3.8) is 0 Å². The second-order valence-electron chi connectivity index (χ2n) is 5.11. The topological polar surface area (TPSA) is 59.6 Å². The van der Waals surface area contributed by atoms with Crippen LogP contribution in [0.1, 0.15) is 24.1 Å². The highest BCUT2D eigenvalue weighted by atomic mass is 32.1. The van der Waals surface area contributed by atoms with Gasteiger partial charge in [0.1, 0.15) is 6.61 Å². The van der Waals surface area contributed by atoms with E-state index < -0.39 is 0 Å². The van der Waals surface area contributed by atoms with Crippen LogP contribution in [0, 0.1) is 6.92 Å². The zero-order valence-electron chi connectivity index (χ0n) is 12.9. The summed E-state index contributed by atoms with van der Waals surface area (Å²) in [5.74, 6) is -0.373. The Morgan fingerprint density at radius 3 is 2.55 bits per heavy atom. The molecule has 2 N–H and O–H groups in total. The molecule has 0 amide bonds. The molecule has 0 bridgehead atoms. The Kier molecular flexibility index (Phi) is 5.51. The number of hydrogen-bond donors (Lipinski definition) is 2. The van der Waals surface area contributed by atoms with Crippen molar-refractivity contribution in [2.24, 2.45) is 0 Å². The number of ether oxygens (including phenoxy) is 2. The lowest BCUT2D eigenvalue weighted by atomic mass is 9.95. The number of allylic oxidation sites excluding steroid dienone is 1. The molecule has 1 aromatic rings. The van der Waals surface area contributed by atoms with Gasteiger partial charge in [0.2, 0.25) is 0 Å². The van der Waals surface area contributed by atoms with E-state index in [1.807, 2.05) is 38.1 Å². The fourth-order valence-corrected chi connectivity index (χ4v) is 2.54. The predicted octanol–water partition coefficient (Wildman–Crippen LogP) is 1.98. The molecule has 1 atom stereocenters. The van der Waals surface area contributed by atoms with E-state index >= 15 is 0 Å². The second kappa shape index (κ2) is 7.38. The van der Waals surface area contributed by atoms with Gasteiger partial charge in [-0.3, -0.25) is 0 Å². The van der Waals surface area contributed by atoms with Crippen LogP contribution in [0.25, 0.3) is 0 Å². The van der Waals surface area contributed by atoms with Crippen molar-refractivity contribution < 1.29 is 14.3 Å². The van der Waals surface area contributed by atoms with Crippen LogP contribution in [-0.2, 0) is 14.3 Å². The normalized spacial score (nSPS) is 17.8. The summed E-state index contributed by atoms with van der Waals surface area (Å²) in [6.45, 7) is 4.43. The Balaban J connectivity index is 2.28. The van der Waals surface area contributed by atoms with Gasteiger partial charge >= 0.3 is 5.97 Å². The molecule has 5 nitrogen and oxygen atoms in total. The molecule has 0 unspecified atom stereocenters. The van der Waals surface area contributed by atoms with Crippen LogP contribution in [-0.4, -0.2) is 31.4 Å². The summed E-state index contributed by atoms with van der Waals surface area (Å²) < 4.78 is 10.2. The summed E-state index contributed by atoms with van der Waals surface area (Å²) in [5.41, 5.74) is 3.36. The number of carbonyl (C=O) groups excluding carboxylic acids is 1. The van der Waals surface area contributed by atoms with E-state index in [4.69, 9.17) is 21.7 Å². The molecule has 1 heterocycles. The molecule has 0 aromatic heterocycles. The quantitative estimate of drug-likeness (QED) is 0.491. The maximum absolute atomic E-state index is 12.4. The van der Waals surface area contributed by atoms with E-state index in [1.54, 1.807) is 7.11 Å². The Morgan fingerprint density at radius 2 is 1.91 bits per heavy atom. The number of benzene rings is 1. The summed E-state index contributed by atoms with van der Waals surface area (Å²) in [6, 6.07) is 7.66. The molecule has 0 fully saturated rings. The number of esters is 1. The lowest BCUT2D eigenvalue weighted by molar-refractivity contribution is -0.140. The van der Waals surface area contributed by atoms with Crippen LogP contribution >= 0.6 is 12.2 Å². The van der Waals surface area contributed by atoms with Gasteiger partial charge < -0.3 is 20.1 Å². The molecular weight excluding hydrogens is 300 g/mol. The molecule has 2 rings (SSSR count). The smallest absolute Gasteiger partial charge is 0.338 e. The first-order chi connectivity index (χ1) is 10.5. The third-order valence-electron chi connectivity index (χ3n) is 3.42. The lowest BCUT2D eigenvalue weighted by Crippen LogP contribution is -2.45. The molecule has 1 aliphatic heterocycles. The minimum Gasteiger partial charge on any atom is -0.460 e. The lowest BCUT2D eigenvalue weighted by Gasteiger charge is -2.30. The van der Waals surface area contributed by atoms with E-state index in [1.165, 1.54) is 0 Å². The van der Waals surface area contributed by atoms with Crippen molar-refractivity contribution in [3.8, 4) is 0 Å². The zero-order valence-corrected chi connectivity index (χ0v) is 13.8. The van der Waals surface area contributed by atoms with Gasteiger partial charge in [-0.15, -0.1) is 0 Å². The Labute approximate surface area is 135 Å². The van der Waals surface area contributed by atoms with Crippen LogP contribution in [0.15, 0.2) is 35.5 Å². The fourth-order valence-electron chi connectivity index (χ4n) is 2.27. The average molecular weight is 320 g/mol. The van der Waals surface area contributed by atoms with Gasteiger partial charge in [-0.2, -0.15) is 0 Å². The molecule has 1 aromatic carbocycles. The highest BCUT2D eigenvalue weighted by Crippen LogP contribution is 2.27. The van der Waals surface area contributed by atoms with Crippen molar-refractivity contribution in [1.29, 1.82) is 0 Å². The van der Waals surface area contributed by atoms with E-state index in [0.29, 0.717) is 23.0 Å². The van der Waals surface area contributed by atoms with E-state index in [2.05, 4.69) is 10.6 Å². The molecule has 0 saturated heterocycles. The first-order valence-corrected chi connectivity index (χ1v) is 7.44.